The second kappa shape index (κ2) is 11.0. The van der Waals surface area contributed by atoms with Crippen LogP contribution in [-0.4, -0.2) is 35.0 Å². The van der Waals surface area contributed by atoms with Gasteiger partial charge in [0.15, 0.2) is 17.3 Å². The van der Waals surface area contributed by atoms with Gasteiger partial charge in [-0.2, -0.15) is 26.3 Å². The van der Waals surface area contributed by atoms with Gasteiger partial charge < -0.3 is 14.6 Å². The number of hydrogen-bond acceptors (Lipinski definition) is 5. The quantitative estimate of drug-likeness (QED) is 0.172. The molecule has 6 nitrogen and oxygen atoms in total. The number of alkyl halides is 6. The third kappa shape index (κ3) is 5.90. The number of ether oxygens (including phenoxy) is 2. The fourth-order valence-corrected chi connectivity index (χ4v) is 4.67. The van der Waals surface area contributed by atoms with Gasteiger partial charge in [0.1, 0.15) is 11.9 Å². The molecule has 1 unspecified atom stereocenters. The first-order valence-corrected chi connectivity index (χ1v) is 12.2. The number of benzene rings is 3. The van der Waals surface area contributed by atoms with Crippen molar-refractivity contribution in [2.75, 3.05) is 7.11 Å². The Hall–Kier alpha value is -4.55. The van der Waals surface area contributed by atoms with E-state index in [1.54, 1.807) is 0 Å². The summed E-state index contributed by atoms with van der Waals surface area (Å²) in [5.41, 5.74) is -2.79. The smallest absolute Gasteiger partial charge is 0.416 e. The molecule has 3 aromatic rings. The van der Waals surface area contributed by atoms with Crippen molar-refractivity contribution in [2.24, 2.45) is 0 Å². The van der Waals surface area contributed by atoms with Crippen LogP contribution in [0.3, 0.4) is 0 Å². The molecule has 0 spiro atoms. The van der Waals surface area contributed by atoms with E-state index in [0.29, 0.717) is 12.1 Å². The third-order valence-electron chi connectivity index (χ3n) is 6.81. The van der Waals surface area contributed by atoms with Crippen molar-refractivity contribution >= 4 is 11.9 Å². The van der Waals surface area contributed by atoms with E-state index in [2.05, 4.69) is 6.58 Å². The number of nitrogens with zero attached hydrogens (tertiary/aromatic N) is 1. The van der Waals surface area contributed by atoms with Gasteiger partial charge in [0.2, 0.25) is 0 Å². The zero-order valence-corrected chi connectivity index (χ0v) is 21.9. The van der Waals surface area contributed by atoms with Crippen molar-refractivity contribution in [1.82, 2.24) is 4.90 Å². The van der Waals surface area contributed by atoms with E-state index in [4.69, 9.17) is 9.47 Å². The number of amides is 1. The van der Waals surface area contributed by atoms with E-state index in [1.165, 1.54) is 32.2 Å². The van der Waals surface area contributed by atoms with Crippen LogP contribution in [0, 0.1) is 5.82 Å². The second-order valence-corrected chi connectivity index (χ2v) is 9.46. The van der Waals surface area contributed by atoms with E-state index >= 15 is 0 Å². The molecule has 1 saturated heterocycles. The average Bonchev–Trinajstić information content (AvgIpc) is 3.21. The number of halogens is 7. The Morgan fingerprint density at radius 3 is 2.19 bits per heavy atom. The van der Waals surface area contributed by atoms with Gasteiger partial charge >= 0.3 is 18.4 Å². The number of ketones is 1. The predicted molar refractivity (Wildman–Crippen MR) is 135 cm³/mol. The molecule has 1 fully saturated rings. The number of aromatic hydroxyl groups is 1. The standard InChI is InChI=1S/C29H22F7NO5/c1-4-23(38)15-5-6-20(21-11-24(39)22(30)12-25(21)41-3)17(7-15)13-37-14(2)26(42-27(37)40)16-8-18(28(31,32)33)10-19(9-16)29(34,35)36/h4-12,14,26,39H,1,13H2,2-3H3/t14?,26-/m0/s1. The summed E-state index contributed by atoms with van der Waals surface area (Å²) < 4.78 is 105. The number of phenols is 1. The first-order valence-electron chi connectivity index (χ1n) is 12.2. The molecule has 1 aliphatic rings. The summed E-state index contributed by atoms with van der Waals surface area (Å²) in [5, 5.41) is 10.00. The van der Waals surface area contributed by atoms with Gasteiger partial charge in [-0.3, -0.25) is 9.69 Å². The molecule has 1 heterocycles. The van der Waals surface area contributed by atoms with Crippen LogP contribution >= 0.6 is 0 Å². The molecule has 0 aromatic heterocycles. The molecular weight excluding hydrogens is 575 g/mol. The lowest BCUT2D eigenvalue weighted by Gasteiger charge is -2.24. The van der Waals surface area contributed by atoms with E-state index < -0.39 is 64.6 Å². The number of carbonyl (C=O) groups is 2. The highest BCUT2D eigenvalue weighted by Crippen LogP contribution is 2.42. The minimum absolute atomic E-state index is 0.00656. The number of allylic oxidation sites excluding steroid dienone is 1. The van der Waals surface area contributed by atoms with E-state index in [1.807, 2.05) is 0 Å². The molecule has 3 aromatic carbocycles. The van der Waals surface area contributed by atoms with Crippen LogP contribution in [0.1, 0.15) is 45.6 Å². The normalized spacial score (nSPS) is 17.3. The molecule has 1 N–H and O–H groups in total. The maximum atomic E-state index is 14.0. The lowest BCUT2D eigenvalue weighted by Crippen LogP contribution is -2.31. The molecule has 0 aliphatic carbocycles. The summed E-state index contributed by atoms with van der Waals surface area (Å²) >= 11 is 0. The summed E-state index contributed by atoms with van der Waals surface area (Å²) in [7, 11) is 1.25. The molecule has 4 rings (SSSR count). The number of hydrogen-bond donors (Lipinski definition) is 1. The van der Waals surface area contributed by atoms with Gasteiger partial charge in [0, 0.05) is 17.2 Å². The van der Waals surface area contributed by atoms with Crippen LogP contribution in [0.25, 0.3) is 11.1 Å². The molecule has 0 saturated carbocycles. The summed E-state index contributed by atoms with van der Waals surface area (Å²) in [5.74, 6) is -2.19. The first-order chi connectivity index (χ1) is 19.5. The molecule has 2 atom stereocenters. The SMILES string of the molecule is C=CC(=O)c1ccc(-c2cc(O)c(F)cc2OC)c(CN2C(=O)O[C@H](c3cc(C(F)(F)F)cc(C(F)(F)F)c3)C2C)c1. The number of carbonyl (C=O) groups excluding carboxylic acids is 2. The van der Waals surface area contributed by atoms with Gasteiger partial charge in [-0.25, -0.2) is 9.18 Å². The van der Waals surface area contributed by atoms with Crippen LogP contribution in [-0.2, 0) is 23.6 Å². The third-order valence-corrected chi connectivity index (χ3v) is 6.81. The summed E-state index contributed by atoms with van der Waals surface area (Å²) in [6, 6.07) is 6.14. The minimum Gasteiger partial charge on any atom is -0.505 e. The summed E-state index contributed by atoms with van der Waals surface area (Å²) in [6.07, 6.45) is -11.7. The van der Waals surface area contributed by atoms with E-state index in [-0.39, 0.29) is 40.6 Å². The molecular formula is C29H22F7NO5. The lowest BCUT2D eigenvalue weighted by atomic mass is 9.94. The molecule has 42 heavy (non-hydrogen) atoms. The van der Waals surface area contributed by atoms with Crippen LogP contribution in [0.2, 0.25) is 0 Å². The van der Waals surface area contributed by atoms with Crippen molar-refractivity contribution in [2.45, 2.75) is 38.0 Å². The molecule has 222 valence electrons. The van der Waals surface area contributed by atoms with E-state index in [9.17, 15) is 45.4 Å². The fraction of sp³-hybridized carbons (Fsp3) is 0.241. The molecule has 13 heteroatoms. The Kier molecular flexibility index (Phi) is 7.98. The summed E-state index contributed by atoms with van der Waals surface area (Å²) in [6.45, 7) is 4.47. The van der Waals surface area contributed by atoms with Gasteiger partial charge in [-0.05, 0) is 60.0 Å². The Morgan fingerprint density at radius 2 is 1.64 bits per heavy atom. The first kappa shape index (κ1) is 30.4. The highest BCUT2D eigenvalue weighted by molar-refractivity contribution is 6.04. The Morgan fingerprint density at radius 1 is 1.02 bits per heavy atom. The predicted octanol–water partition coefficient (Wildman–Crippen LogP) is 7.70. The summed E-state index contributed by atoms with van der Waals surface area (Å²) in [4.78, 5) is 26.4. The molecule has 0 radical (unpaired) electrons. The maximum Gasteiger partial charge on any atom is 0.416 e. The van der Waals surface area contributed by atoms with Crippen molar-refractivity contribution in [1.29, 1.82) is 0 Å². The van der Waals surface area contributed by atoms with Crippen molar-refractivity contribution in [3.8, 4) is 22.6 Å². The van der Waals surface area contributed by atoms with Crippen LogP contribution in [0.5, 0.6) is 11.5 Å². The van der Waals surface area contributed by atoms with Crippen molar-refractivity contribution in [3.63, 3.8) is 0 Å². The van der Waals surface area contributed by atoms with Crippen molar-refractivity contribution < 1.29 is 54.9 Å². The second-order valence-electron chi connectivity index (χ2n) is 9.46. The highest BCUT2D eigenvalue weighted by atomic mass is 19.4. The average molecular weight is 597 g/mol. The van der Waals surface area contributed by atoms with Gasteiger partial charge in [0.25, 0.3) is 0 Å². The van der Waals surface area contributed by atoms with Crippen LogP contribution in [0.15, 0.2) is 61.2 Å². The molecule has 1 aliphatic heterocycles. The Labute approximate surface area is 234 Å². The van der Waals surface area contributed by atoms with Crippen LogP contribution < -0.4 is 4.74 Å². The number of rotatable bonds is 7. The van der Waals surface area contributed by atoms with Crippen molar-refractivity contribution in [3.05, 3.63) is 94.8 Å². The Balaban J connectivity index is 1.79. The van der Waals surface area contributed by atoms with Gasteiger partial charge in [-0.15, -0.1) is 0 Å². The van der Waals surface area contributed by atoms with Crippen LogP contribution in [0.4, 0.5) is 35.5 Å². The zero-order chi connectivity index (χ0) is 31.1. The highest BCUT2D eigenvalue weighted by Gasteiger charge is 2.43. The van der Waals surface area contributed by atoms with E-state index in [0.717, 1.165) is 23.1 Å². The maximum absolute atomic E-state index is 14.0. The topological polar surface area (TPSA) is 76.1 Å². The number of methoxy groups -OCH3 is 1. The Bertz CT molecular complexity index is 1530. The monoisotopic (exact) mass is 597 g/mol. The zero-order valence-electron chi connectivity index (χ0n) is 21.9. The largest absolute Gasteiger partial charge is 0.505 e. The number of phenolic OH excluding ortho intramolecular Hbond substituents is 1. The van der Waals surface area contributed by atoms with Gasteiger partial charge in [0.05, 0.1) is 30.8 Å². The number of cyclic esters (lactones) is 1. The molecule has 0 bridgehead atoms. The fourth-order valence-electron chi connectivity index (χ4n) is 4.67. The van der Waals surface area contributed by atoms with Gasteiger partial charge in [-0.1, -0.05) is 18.7 Å². The molecule has 1 amide bonds. The minimum atomic E-state index is -5.10. The lowest BCUT2D eigenvalue weighted by molar-refractivity contribution is -0.143.